The fraction of sp³-hybridized carbons (Fsp3) is 0.867. The Kier molecular flexibility index (Phi) is 5.02. The lowest BCUT2D eigenvalue weighted by Gasteiger charge is -2.33. The molecule has 5 nitrogen and oxygen atoms in total. The number of amides is 2. The van der Waals surface area contributed by atoms with Gasteiger partial charge in [0.25, 0.3) is 0 Å². The summed E-state index contributed by atoms with van der Waals surface area (Å²) in [5.74, 6) is 1.05. The molecule has 0 aromatic rings. The standard InChI is InChI=1S/C15H27N3O2/c1-12-6-9-17(10-7-12)14(19)11-18-8-4-5-13(18)15(20)16(2)3/h12-13H,4-11H2,1-3H3. The second-order valence-electron chi connectivity index (χ2n) is 6.42. The molecule has 2 rings (SSSR count). The lowest BCUT2D eigenvalue weighted by atomic mass is 9.99. The van der Waals surface area contributed by atoms with E-state index in [-0.39, 0.29) is 17.9 Å². The van der Waals surface area contributed by atoms with Crippen LogP contribution in [0.15, 0.2) is 0 Å². The van der Waals surface area contributed by atoms with E-state index in [2.05, 4.69) is 11.8 Å². The fourth-order valence-corrected chi connectivity index (χ4v) is 3.12. The van der Waals surface area contributed by atoms with E-state index < -0.39 is 0 Å². The van der Waals surface area contributed by atoms with Crippen molar-refractivity contribution < 1.29 is 9.59 Å². The first kappa shape index (κ1) is 15.3. The van der Waals surface area contributed by atoms with Gasteiger partial charge in [0.1, 0.15) is 0 Å². The summed E-state index contributed by atoms with van der Waals surface area (Å²) in [5, 5.41) is 0. The van der Waals surface area contributed by atoms with E-state index >= 15 is 0 Å². The van der Waals surface area contributed by atoms with Gasteiger partial charge in [-0.3, -0.25) is 14.5 Å². The van der Waals surface area contributed by atoms with Crippen LogP contribution in [0.25, 0.3) is 0 Å². The van der Waals surface area contributed by atoms with Gasteiger partial charge in [0.2, 0.25) is 11.8 Å². The number of carbonyl (C=O) groups is 2. The largest absolute Gasteiger partial charge is 0.347 e. The third kappa shape index (κ3) is 3.51. The molecule has 0 radical (unpaired) electrons. The van der Waals surface area contributed by atoms with Crippen LogP contribution in [0.3, 0.4) is 0 Å². The third-order valence-corrected chi connectivity index (χ3v) is 4.56. The molecule has 0 aromatic heterocycles. The first-order valence-corrected chi connectivity index (χ1v) is 7.72. The molecule has 2 heterocycles. The number of piperidine rings is 1. The molecule has 0 spiro atoms. The van der Waals surface area contributed by atoms with Gasteiger partial charge in [0.05, 0.1) is 12.6 Å². The van der Waals surface area contributed by atoms with Crippen molar-refractivity contribution in [3.05, 3.63) is 0 Å². The number of hydrogen-bond donors (Lipinski definition) is 0. The normalized spacial score (nSPS) is 24.9. The molecule has 0 aromatic carbocycles. The third-order valence-electron chi connectivity index (χ3n) is 4.56. The second kappa shape index (κ2) is 6.57. The van der Waals surface area contributed by atoms with Crippen molar-refractivity contribution in [1.29, 1.82) is 0 Å². The summed E-state index contributed by atoms with van der Waals surface area (Å²) in [6.07, 6.45) is 4.09. The van der Waals surface area contributed by atoms with Gasteiger partial charge in [-0.25, -0.2) is 0 Å². The van der Waals surface area contributed by atoms with Gasteiger partial charge >= 0.3 is 0 Å². The molecule has 0 aliphatic carbocycles. The maximum Gasteiger partial charge on any atom is 0.239 e. The summed E-state index contributed by atoms with van der Waals surface area (Å²) < 4.78 is 0. The van der Waals surface area contributed by atoms with Crippen molar-refractivity contribution in [3.63, 3.8) is 0 Å². The molecular formula is C15H27N3O2. The zero-order valence-electron chi connectivity index (χ0n) is 13.0. The molecular weight excluding hydrogens is 254 g/mol. The summed E-state index contributed by atoms with van der Waals surface area (Å²) in [6.45, 7) is 5.26. The van der Waals surface area contributed by atoms with Crippen LogP contribution < -0.4 is 0 Å². The van der Waals surface area contributed by atoms with E-state index in [1.807, 2.05) is 4.90 Å². The van der Waals surface area contributed by atoms with Crippen molar-refractivity contribution in [2.75, 3.05) is 40.3 Å². The number of likely N-dealkylation sites (tertiary alicyclic amines) is 2. The van der Waals surface area contributed by atoms with Crippen LogP contribution in [0, 0.1) is 5.92 Å². The van der Waals surface area contributed by atoms with Crippen molar-refractivity contribution >= 4 is 11.8 Å². The molecule has 0 N–H and O–H groups in total. The minimum absolute atomic E-state index is 0.0994. The SMILES string of the molecule is CC1CCN(C(=O)CN2CCCC2C(=O)N(C)C)CC1. The van der Waals surface area contributed by atoms with Crippen LogP contribution in [0.2, 0.25) is 0 Å². The van der Waals surface area contributed by atoms with Crippen molar-refractivity contribution in [2.45, 2.75) is 38.6 Å². The molecule has 2 aliphatic heterocycles. The minimum atomic E-state index is -0.0994. The number of rotatable bonds is 3. The summed E-state index contributed by atoms with van der Waals surface area (Å²) in [5.41, 5.74) is 0. The first-order chi connectivity index (χ1) is 9.49. The molecule has 1 atom stereocenters. The average Bonchev–Trinajstić information content (AvgIpc) is 2.86. The van der Waals surface area contributed by atoms with Crippen molar-refractivity contribution in [3.8, 4) is 0 Å². The Morgan fingerprint density at radius 1 is 1.10 bits per heavy atom. The maximum absolute atomic E-state index is 12.4. The van der Waals surface area contributed by atoms with E-state index in [0.717, 1.165) is 51.2 Å². The highest BCUT2D eigenvalue weighted by Gasteiger charge is 2.34. The number of hydrogen-bond acceptors (Lipinski definition) is 3. The van der Waals surface area contributed by atoms with Crippen LogP contribution >= 0.6 is 0 Å². The first-order valence-electron chi connectivity index (χ1n) is 7.72. The Morgan fingerprint density at radius 3 is 2.35 bits per heavy atom. The Balaban J connectivity index is 1.88. The van der Waals surface area contributed by atoms with Gasteiger partial charge in [-0.05, 0) is 38.1 Å². The van der Waals surface area contributed by atoms with Crippen LogP contribution in [-0.4, -0.2) is 72.8 Å². The van der Waals surface area contributed by atoms with E-state index in [1.165, 1.54) is 0 Å². The quantitative estimate of drug-likeness (QED) is 0.768. The predicted octanol–water partition coefficient (Wildman–Crippen LogP) is 0.798. The van der Waals surface area contributed by atoms with Gasteiger partial charge < -0.3 is 9.80 Å². The van der Waals surface area contributed by atoms with Gasteiger partial charge in [-0.15, -0.1) is 0 Å². The zero-order valence-corrected chi connectivity index (χ0v) is 13.0. The Morgan fingerprint density at radius 2 is 1.75 bits per heavy atom. The average molecular weight is 281 g/mol. The van der Waals surface area contributed by atoms with E-state index in [1.54, 1.807) is 19.0 Å². The van der Waals surface area contributed by atoms with Gasteiger partial charge in [-0.2, -0.15) is 0 Å². The molecule has 5 heteroatoms. The summed E-state index contributed by atoms with van der Waals surface area (Å²) in [4.78, 5) is 30.1. The molecule has 0 saturated carbocycles. The fourth-order valence-electron chi connectivity index (χ4n) is 3.12. The molecule has 114 valence electrons. The molecule has 1 unspecified atom stereocenters. The molecule has 20 heavy (non-hydrogen) atoms. The smallest absolute Gasteiger partial charge is 0.239 e. The summed E-state index contributed by atoms with van der Waals surface area (Å²) in [6, 6.07) is -0.0994. The van der Waals surface area contributed by atoms with Gasteiger partial charge in [-0.1, -0.05) is 6.92 Å². The van der Waals surface area contributed by atoms with Crippen LogP contribution in [-0.2, 0) is 9.59 Å². The van der Waals surface area contributed by atoms with Crippen molar-refractivity contribution in [2.24, 2.45) is 5.92 Å². The van der Waals surface area contributed by atoms with E-state index in [4.69, 9.17) is 0 Å². The topological polar surface area (TPSA) is 43.9 Å². The second-order valence-corrected chi connectivity index (χ2v) is 6.42. The lowest BCUT2D eigenvalue weighted by molar-refractivity contribution is -0.137. The predicted molar refractivity (Wildman–Crippen MR) is 78.3 cm³/mol. The van der Waals surface area contributed by atoms with Gasteiger partial charge in [0, 0.05) is 27.2 Å². The lowest BCUT2D eigenvalue weighted by Crippen LogP contribution is -2.48. The van der Waals surface area contributed by atoms with Crippen LogP contribution in [0.5, 0.6) is 0 Å². The highest BCUT2D eigenvalue weighted by Crippen LogP contribution is 2.20. The Hall–Kier alpha value is -1.10. The minimum Gasteiger partial charge on any atom is -0.347 e. The van der Waals surface area contributed by atoms with Gasteiger partial charge in [0.15, 0.2) is 0 Å². The van der Waals surface area contributed by atoms with Crippen molar-refractivity contribution in [1.82, 2.24) is 14.7 Å². The Bertz CT molecular complexity index is 362. The maximum atomic E-state index is 12.4. The zero-order chi connectivity index (χ0) is 14.7. The molecule has 0 bridgehead atoms. The Labute approximate surface area is 121 Å². The number of likely N-dealkylation sites (N-methyl/N-ethyl adjacent to an activating group) is 1. The summed E-state index contributed by atoms with van der Waals surface area (Å²) >= 11 is 0. The number of carbonyl (C=O) groups excluding carboxylic acids is 2. The molecule has 2 amide bonds. The van der Waals surface area contributed by atoms with E-state index in [0.29, 0.717) is 6.54 Å². The molecule has 2 fully saturated rings. The van der Waals surface area contributed by atoms with E-state index in [9.17, 15) is 9.59 Å². The number of nitrogens with zero attached hydrogens (tertiary/aromatic N) is 3. The molecule has 2 saturated heterocycles. The van der Waals surface area contributed by atoms with Crippen LogP contribution in [0.1, 0.15) is 32.6 Å². The molecule has 2 aliphatic rings. The van der Waals surface area contributed by atoms with Crippen LogP contribution in [0.4, 0.5) is 0 Å². The highest BCUT2D eigenvalue weighted by atomic mass is 16.2. The highest BCUT2D eigenvalue weighted by molar-refractivity contribution is 5.83. The summed E-state index contributed by atoms with van der Waals surface area (Å²) in [7, 11) is 3.57. The monoisotopic (exact) mass is 281 g/mol.